The predicted molar refractivity (Wildman–Crippen MR) is 120 cm³/mol. The standard InChI is InChI=1S/C23H28N4O2S/c1-5-20(26(2)3)22-24-25-23(27(22)15-17-9-7-6-8-10-17)30-16-21(28)18-11-13-19(29-4)14-12-18/h6-14,20H,5,15-16H2,1-4H3/t20-/m0/s1. The van der Waals surface area contributed by atoms with Gasteiger partial charge in [-0.3, -0.25) is 9.69 Å². The summed E-state index contributed by atoms with van der Waals surface area (Å²) in [6, 6.07) is 17.6. The second-order valence-electron chi connectivity index (χ2n) is 7.24. The summed E-state index contributed by atoms with van der Waals surface area (Å²) in [6.07, 6.45) is 0.926. The van der Waals surface area contributed by atoms with Crippen LogP contribution in [0.5, 0.6) is 5.75 Å². The number of ketones is 1. The molecule has 1 atom stereocenters. The van der Waals surface area contributed by atoms with Crippen molar-refractivity contribution in [2.75, 3.05) is 27.0 Å². The van der Waals surface area contributed by atoms with Gasteiger partial charge in [-0.15, -0.1) is 10.2 Å². The third kappa shape index (κ3) is 5.29. The van der Waals surface area contributed by atoms with Gasteiger partial charge in [0.25, 0.3) is 0 Å². The van der Waals surface area contributed by atoms with Crippen molar-refractivity contribution < 1.29 is 9.53 Å². The van der Waals surface area contributed by atoms with E-state index in [1.54, 1.807) is 31.4 Å². The minimum Gasteiger partial charge on any atom is -0.497 e. The number of benzene rings is 2. The molecule has 0 bridgehead atoms. The third-order valence-corrected chi connectivity index (χ3v) is 5.95. The number of carbonyl (C=O) groups is 1. The van der Waals surface area contributed by atoms with E-state index in [0.29, 0.717) is 17.9 Å². The van der Waals surface area contributed by atoms with Crippen molar-refractivity contribution in [1.29, 1.82) is 0 Å². The number of hydrogen-bond donors (Lipinski definition) is 0. The van der Waals surface area contributed by atoms with Gasteiger partial charge in [-0.05, 0) is 50.3 Å². The molecule has 0 aliphatic rings. The molecule has 0 N–H and O–H groups in total. The summed E-state index contributed by atoms with van der Waals surface area (Å²) in [6.45, 7) is 2.82. The Labute approximate surface area is 182 Å². The van der Waals surface area contributed by atoms with E-state index in [1.165, 1.54) is 17.3 Å². The smallest absolute Gasteiger partial charge is 0.192 e. The molecule has 0 aliphatic heterocycles. The molecule has 30 heavy (non-hydrogen) atoms. The highest BCUT2D eigenvalue weighted by atomic mass is 32.2. The molecule has 0 radical (unpaired) electrons. The lowest BCUT2D eigenvalue weighted by atomic mass is 10.1. The van der Waals surface area contributed by atoms with Crippen LogP contribution in [0.15, 0.2) is 59.8 Å². The van der Waals surface area contributed by atoms with Crippen molar-refractivity contribution in [3.8, 4) is 5.75 Å². The highest BCUT2D eigenvalue weighted by Crippen LogP contribution is 2.27. The first-order chi connectivity index (χ1) is 14.5. The molecule has 0 amide bonds. The first kappa shape index (κ1) is 22.1. The molecule has 1 heterocycles. The second-order valence-corrected chi connectivity index (χ2v) is 8.18. The van der Waals surface area contributed by atoms with Crippen LogP contribution in [0, 0.1) is 0 Å². The normalized spacial score (nSPS) is 12.2. The molecule has 0 aliphatic carbocycles. The SMILES string of the molecule is CC[C@@H](c1nnc(SCC(=O)c2ccc(OC)cc2)n1Cc1ccccc1)N(C)C. The zero-order chi connectivity index (χ0) is 21.5. The Morgan fingerprint density at radius 3 is 2.40 bits per heavy atom. The number of nitrogens with zero attached hydrogens (tertiary/aromatic N) is 4. The molecule has 3 aromatic rings. The number of carbonyl (C=O) groups excluding carboxylic acids is 1. The van der Waals surface area contributed by atoms with E-state index >= 15 is 0 Å². The first-order valence-corrected chi connectivity index (χ1v) is 11.0. The summed E-state index contributed by atoms with van der Waals surface area (Å²) in [7, 11) is 5.71. The van der Waals surface area contributed by atoms with Gasteiger partial charge in [-0.2, -0.15) is 0 Å². The summed E-state index contributed by atoms with van der Waals surface area (Å²) in [5.74, 6) is 2.02. The van der Waals surface area contributed by atoms with Crippen LogP contribution in [0.1, 0.15) is 41.1 Å². The molecule has 158 valence electrons. The number of thioether (sulfide) groups is 1. The van der Waals surface area contributed by atoms with Crippen molar-refractivity contribution in [2.24, 2.45) is 0 Å². The Hall–Kier alpha value is -2.64. The Morgan fingerprint density at radius 1 is 1.10 bits per heavy atom. The van der Waals surface area contributed by atoms with Gasteiger partial charge in [0, 0.05) is 5.56 Å². The molecule has 1 aromatic heterocycles. The van der Waals surface area contributed by atoms with Gasteiger partial charge in [0.2, 0.25) is 0 Å². The molecular formula is C23H28N4O2S. The second kappa shape index (κ2) is 10.4. The summed E-state index contributed by atoms with van der Waals surface area (Å²) in [4.78, 5) is 14.8. The van der Waals surface area contributed by atoms with Crippen LogP contribution >= 0.6 is 11.8 Å². The lowest BCUT2D eigenvalue weighted by Gasteiger charge is -2.23. The fourth-order valence-electron chi connectivity index (χ4n) is 3.34. The van der Waals surface area contributed by atoms with Crippen LogP contribution in [0.3, 0.4) is 0 Å². The molecule has 0 saturated heterocycles. The fourth-order valence-corrected chi connectivity index (χ4v) is 4.18. The van der Waals surface area contributed by atoms with Gasteiger partial charge in [0.1, 0.15) is 5.75 Å². The van der Waals surface area contributed by atoms with Gasteiger partial charge < -0.3 is 9.30 Å². The monoisotopic (exact) mass is 424 g/mol. The van der Waals surface area contributed by atoms with E-state index in [2.05, 4.69) is 52.8 Å². The number of aromatic nitrogens is 3. The maximum atomic E-state index is 12.7. The van der Waals surface area contributed by atoms with Crippen LogP contribution in [0.2, 0.25) is 0 Å². The Bertz CT molecular complexity index is 955. The number of rotatable bonds is 10. The molecular weight excluding hydrogens is 396 g/mol. The summed E-state index contributed by atoms with van der Waals surface area (Å²) >= 11 is 1.43. The van der Waals surface area contributed by atoms with Gasteiger partial charge in [-0.1, -0.05) is 49.0 Å². The first-order valence-electron chi connectivity index (χ1n) is 9.97. The van der Waals surface area contributed by atoms with Crippen LogP contribution in [0.4, 0.5) is 0 Å². The van der Waals surface area contributed by atoms with Crippen molar-refractivity contribution in [3.63, 3.8) is 0 Å². The summed E-state index contributed by atoms with van der Waals surface area (Å²) in [5.41, 5.74) is 1.84. The average Bonchev–Trinajstić information content (AvgIpc) is 3.15. The Balaban J connectivity index is 1.82. The van der Waals surface area contributed by atoms with Crippen molar-refractivity contribution in [3.05, 3.63) is 71.5 Å². The molecule has 0 fully saturated rings. The Kier molecular flexibility index (Phi) is 7.65. The molecule has 7 heteroatoms. The largest absolute Gasteiger partial charge is 0.497 e. The van der Waals surface area contributed by atoms with E-state index in [0.717, 1.165) is 23.2 Å². The van der Waals surface area contributed by atoms with Crippen LogP contribution in [-0.4, -0.2) is 52.4 Å². The molecule has 0 spiro atoms. The number of methoxy groups -OCH3 is 1. The van der Waals surface area contributed by atoms with Crippen molar-refractivity contribution in [2.45, 2.75) is 31.1 Å². The number of hydrogen-bond acceptors (Lipinski definition) is 6. The fraction of sp³-hybridized carbons (Fsp3) is 0.348. The van der Waals surface area contributed by atoms with Crippen LogP contribution in [0.25, 0.3) is 0 Å². The minimum absolute atomic E-state index is 0.0538. The topological polar surface area (TPSA) is 60.2 Å². The zero-order valence-electron chi connectivity index (χ0n) is 17.9. The van der Waals surface area contributed by atoms with Gasteiger partial charge >= 0.3 is 0 Å². The van der Waals surface area contributed by atoms with E-state index in [1.807, 2.05) is 18.2 Å². The Morgan fingerprint density at radius 2 is 1.80 bits per heavy atom. The highest BCUT2D eigenvalue weighted by molar-refractivity contribution is 7.99. The van der Waals surface area contributed by atoms with E-state index < -0.39 is 0 Å². The molecule has 3 rings (SSSR count). The lowest BCUT2D eigenvalue weighted by Crippen LogP contribution is -2.23. The number of ether oxygens (including phenoxy) is 1. The maximum Gasteiger partial charge on any atom is 0.192 e. The quantitative estimate of drug-likeness (QED) is 0.357. The van der Waals surface area contributed by atoms with E-state index in [4.69, 9.17) is 4.74 Å². The van der Waals surface area contributed by atoms with E-state index in [-0.39, 0.29) is 11.8 Å². The van der Waals surface area contributed by atoms with Gasteiger partial charge in [0.15, 0.2) is 16.8 Å². The minimum atomic E-state index is 0.0538. The van der Waals surface area contributed by atoms with Crippen molar-refractivity contribution >= 4 is 17.5 Å². The van der Waals surface area contributed by atoms with Crippen molar-refractivity contribution in [1.82, 2.24) is 19.7 Å². The van der Waals surface area contributed by atoms with E-state index in [9.17, 15) is 4.79 Å². The maximum absolute atomic E-state index is 12.7. The number of Topliss-reactive ketones (excluding diaryl/α,β-unsaturated/α-hetero) is 1. The molecule has 0 unspecified atom stereocenters. The highest BCUT2D eigenvalue weighted by Gasteiger charge is 2.22. The van der Waals surface area contributed by atoms with Gasteiger partial charge in [0.05, 0.1) is 25.4 Å². The predicted octanol–water partition coefficient (Wildman–Crippen LogP) is 4.32. The molecule has 6 nitrogen and oxygen atoms in total. The summed E-state index contributed by atoms with van der Waals surface area (Å²) in [5, 5.41) is 9.69. The van der Waals surface area contributed by atoms with Crippen LogP contribution < -0.4 is 4.74 Å². The zero-order valence-corrected chi connectivity index (χ0v) is 18.7. The molecule has 0 saturated carbocycles. The molecule has 2 aromatic carbocycles. The summed E-state index contributed by atoms with van der Waals surface area (Å²) < 4.78 is 7.30. The van der Waals surface area contributed by atoms with Crippen LogP contribution in [-0.2, 0) is 6.54 Å². The average molecular weight is 425 g/mol. The lowest BCUT2D eigenvalue weighted by molar-refractivity contribution is 0.102. The third-order valence-electron chi connectivity index (χ3n) is 4.98. The van der Waals surface area contributed by atoms with Gasteiger partial charge in [-0.25, -0.2) is 0 Å².